The number of amides is 4. The van der Waals surface area contributed by atoms with Gasteiger partial charge in [0.2, 0.25) is 11.8 Å². The lowest BCUT2D eigenvalue weighted by molar-refractivity contribution is -0.151. The van der Waals surface area contributed by atoms with E-state index in [0.717, 1.165) is 17.7 Å². The van der Waals surface area contributed by atoms with E-state index in [4.69, 9.17) is 4.42 Å². The number of furan rings is 1. The molecule has 3 rings (SSSR count). The Balaban J connectivity index is 1.89. The molecule has 0 radical (unpaired) electrons. The molecule has 1 N–H and O–H groups in total. The molecule has 4 amide bonds. The SMILES string of the molecule is O=C1NC(=O)C2(CCCC2)C(=O)N1Cc1ccco1. The van der Waals surface area contributed by atoms with Crippen LogP contribution in [0.3, 0.4) is 0 Å². The fourth-order valence-corrected chi connectivity index (χ4v) is 2.85. The topological polar surface area (TPSA) is 79.6 Å². The molecule has 6 heteroatoms. The van der Waals surface area contributed by atoms with Gasteiger partial charge in [-0.15, -0.1) is 0 Å². The molecule has 1 aromatic heterocycles. The first-order valence-electron chi connectivity index (χ1n) is 6.33. The van der Waals surface area contributed by atoms with E-state index in [1.54, 1.807) is 12.1 Å². The molecule has 2 fully saturated rings. The van der Waals surface area contributed by atoms with Crippen molar-refractivity contribution >= 4 is 17.8 Å². The predicted octanol–water partition coefficient (Wildman–Crippen LogP) is 1.42. The van der Waals surface area contributed by atoms with Crippen molar-refractivity contribution in [1.29, 1.82) is 0 Å². The van der Waals surface area contributed by atoms with Crippen molar-refractivity contribution in [2.75, 3.05) is 0 Å². The third kappa shape index (κ3) is 1.75. The van der Waals surface area contributed by atoms with Gasteiger partial charge in [0.1, 0.15) is 11.2 Å². The van der Waals surface area contributed by atoms with Crippen LogP contribution in [0.15, 0.2) is 22.8 Å². The van der Waals surface area contributed by atoms with Crippen LogP contribution in [0.2, 0.25) is 0 Å². The maximum Gasteiger partial charge on any atom is 0.331 e. The van der Waals surface area contributed by atoms with E-state index in [9.17, 15) is 14.4 Å². The average Bonchev–Trinajstić information content (AvgIpc) is 3.05. The number of hydrogen-bond donors (Lipinski definition) is 1. The van der Waals surface area contributed by atoms with Crippen LogP contribution >= 0.6 is 0 Å². The fraction of sp³-hybridized carbons (Fsp3) is 0.462. The van der Waals surface area contributed by atoms with E-state index in [1.165, 1.54) is 6.26 Å². The molecule has 1 spiro atoms. The van der Waals surface area contributed by atoms with Gasteiger partial charge in [-0.25, -0.2) is 4.79 Å². The minimum Gasteiger partial charge on any atom is -0.467 e. The number of barbiturate groups is 1. The fourth-order valence-electron chi connectivity index (χ4n) is 2.85. The van der Waals surface area contributed by atoms with Gasteiger partial charge in [-0.1, -0.05) is 12.8 Å². The first-order chi connectivity index (χ1) is 9.13. The van der Waals surface area contributed by atoms with Gasteiger partial charge in [0.25, 0.3) is 0 Å². The number of hydrogen-bond acceptors (Lipinski definition) is 4. The summed E-state index contributed by atoms with van der Waals surface area (Å²) in [5.41, 5.74) is -1.04. The summed E-state index contributed by atoms with van der Waals surface area (Å²) >= 11 is 0. The number of carbonyl (C=O) groups excluding carboxylic acids is 3. The number of rotatable bonds is 2. The van der Waals surface area contributed by atoms with Gasteiger partial charge in [0, 0.05) is 0 Å². The third-order valence-electron chi connectivity index (χ3n) is 3.91. The summed E-state index contributed by atoms with van der Waals surface area (Å²) in [5.74, 6) is -0.322. The quantitative estimate of drug-likeness (QED) is 0.817. The van der Waals surface area contributed by atoms with Crippen LogP contribution in [0.4, 0.5) is 4.79 Å². The molecule has 0 atom stereocenters. The highest BCUT2D eigenvalue weighted by atomic mass is 16.3. The molecular weight excluding hydrogens is 248 g/mol. The Kier molecular flexibility index (Phi) is 2.66. The average molecular weight is 262 g/mol. The lowest BCUT2D eigenvalue weighted by atomic mass is 9.82. The van der Waals surface area contributed by atoms with Crippen molar-refractivity contribution in [3.63, 3.8) is 0 Å². The van der Waals surface area contributed by atoms with E-state index in [0.29, 0.717) is 18.6 Å². The molecule has 2 aliphatic rings. The Bertz CT molecular complexity index is 529. The number of nitrogens with one attached hydrogen (secondary N) is 1. The van der Waals surface area contributed by atoms with Crippen LogP contribution in [0.1, 0.15) is 31.4 Å². The molecule has 0 unspecified atom stereocenters. The summed E-state index contributed by atoms with van der Waals surface area (Å²) in [4.78, 5) is 37.4. The van der Waals surface area contributed by atoms with Crippen LogP contribution in [0.25, 0.3) is 0 Å². The van der Waals surface area contributed by atoms with E-state index < -0.39 is 23.3 Å². The molecule has 0 bridgehead atoms. The lowest BCUT2D eigenvalue weighted by Gasteiger charge is -2.36. The van der Waals surface area contributed by atoms with Gasteiger partial charge >= 0.3 is 6.03 Å². The number of imide groups is 2. The number of urea groups is 1. The molecule has 0 aromatic carbocycles. The zero-order valence-electron chi connectivity index (χ0n) is 10.3. The van der Waals surface area contributed by atoms with E-state index in [2.05, 4.69) is 5.32 Å². The molecule has 1 saturated heterocycles. The molecule has 1 saturated carbocycles. The third-order valence-corrected chi connectivity index (χ3v) is 3.91. The van der Waals surface area contributed by atoms with Crippen LogP contribution in [-0.2, 0) is 16.1 Å². The standard InChI is InChI=1S/C13H14N2O4/c16-10-13(5-1-2-6-13)11(17)15(12(18)14-10)8-9-4-3-7-19-9/h3-4,7H,1-2,5-6,8H2,(H,14,16,18). The summed E-state index contributed by atoms with van der Waals surface area (Å²) in [6, 6.07) is 2.72. The Morgan fingerprint density at radius 2 is 2.00 bits per heavy atom. The van der Waals surface area contributed by atoms with Crippen LogP contribution in [-0.4, -0.2) is 22.7 Å². The second kappa shape index (κ2) is 4.22. The van der Waals surface area contributed by atoms with Crippen molar-refractivity contribution in [3.8, 4) is 0 Å². The van der Waals surface area contributed by atoms with Gasteiger partial charge in [-0.2, -0.15) is 0 Å². The second-order valence-electron chi connectivity index (χ2n) is 5.02. The van der Waals surface area contributed by atoms with Crippen molar-refractivity contribution in [1.82, 2.24) is 10.2 Å². The Morgan fingerprint density at radius 1 is 1.26 bits per heavy atom. The van der Waals surface area contributed by atoms with E-state index in [-0.39, 0.29) is 6.54 Å². The maximum absolute atomic E-state index is 12.5. The second-order valence-corrected chi connectivity index (χ2v) is 5.02. The first kappa shape index (κ1) is 12.0. The Labute approximate surface area is 109 Å². The van der Waals surface area contributed by atoms with Crippen molar-refractivity contribution < 1.29 is 18.8 Å². The highest BCUT2D eigenvalue weighted by Crippen LogP contribution is 2.42. The van der Waals surface area contributed by atoms with Crippen LogP contribution < -0.4 is 5.32 Å². The number of nitrogens with zero attached hydrogens (tertiary/aromatic N) is 1. The van der Waals surface area contributed by atoms with Gasteiger partial charge < -0.3 is 4.42 Å². The van der Waals surface area contributed by atoms with Crippen molar-refractivity contribution in [2.24, 2.45) is 5.41 Å². The highest BCUT2D eigenvalue weighted by Gasteiger charge is 2.54. The van der Waals surface area contributed by atoms with E-state index >= 15 is 0 Å². The van der Waals surface area contributed by atoms with Crippen molar-refractivity contribution in [2.45, 2.75) is 32.2 Å². The van der Waals surface area contributed by atoms with E-state index in [1.807, 2.05) is 0 Å². The summed E-state index contributed by atoms with van der Waals surface area (Å²) in [5, 5.41) is 2.29. The zero-order chi connectivity index (χ0) is 13.5. The predicted molar refractivity (Wildman–Crippen MR) is 63.7 cm³/mol. The monoisotopic (exact) mass is 262 g/mol. The minimum absolute atomic E-state index is 0.0622. The smallest absolute Gasteiger partial charge is 0.331 e. The Hall–Kier alpha value is -2.11. The van der Waals surface area contributed by atoms with Gasteiger partial charge in [-0.3, -0.25) is 19.8 Å². The van der Waals surface area contributed by atoms with Crippen LogP contribution in [0.5, 0.6) is 0 Å². The van der Waals surface area contributed by atoms with Gasteiger partial charge in [0.05, 0.1) is 12.8 Å². The Morgan fingerprint density at radius 3 is 2.63 bits per heavy atom. The minimum atomic E-state index is -1.04. The molecule has 1 aliphatic carbocycles. The molecule has 6 nitrogen and oxygen atoms in total. The van der Waals surface area contributed by atoms with Gasteiger partial charge in [0.15, 0.2) is 0 Å². The molecule has 100 valence electrons. The molecule has 2 heterocycles. The molecule has 1 aliphatic heterocycles. The van der Waals surface area contributed by atoms with Crippen molar-refractivity contribution in [3.05, 3.63) is 24.2 Å². The molecular formula is C13H14N2O4. The summed E-state index contributed by atoms with van der Waals surface area (Å²) in [6.45, 7) is 0.0622. The highest BCUT2D eigenvalue weighted by molar-refractivity contribution is 6.19. The summed E-state index contributed by atoms with van der Waals surface area (Å²) < 4.78 is 5.15. The summed E-state index contributed by atoms with van der Waals surface area (Å²) in [6.07, 6.45) is 4.18. The normalized spacial score (nSPS) is 22.1. The maximum atomic E-state index is 12.5. The summed E-state index contributed by atoms with van der Waals surface area (Å²) in [7, 11) is 0. The number of carbonyl (C=O) groups is 3. The molecule has 19 heavy (non-hydrogen) atoms. The molecule has 1 aromatic rings. The van der Waals surface area contributed by atoms with Crippen LogP contribution in [0, 0.1) is 5.41 Å². The first-order valence-corrected chi connectivity index (χ1v) is 6.33. The van der Waals surface area contributed by atoms with Gasteiger partial charge in [-0.05, 0) is 25.0 Å². The lowest BCUT2D eigenvalue weighted by Crippen LogP contribution is -2.62. The largest absolute Gasteiger partial charge is 0.467 e. The zero-order valence-corrected chi connectivity index (χ0v) is 10.3.